The molecule has 0 radical (unpaired) electrons. The molecule has 1 saturated heterocycles. The number of nitrogens with zero attached hydrogens (tertiary/aromatic N) is 3. The zero-order valence-corrected chi connectivity index (χ0v) is 23.9. The largest absolute Gasteiger partial charge is 0.463 e. The van der Waals surface area contributed by atoms with Gasteiger partial charge in [0.25, 0.3) is 0 Å². The monoisotopic (exact) mass is 553 g/mol. The predicted molar refractivity (Wildman–Crippen MR) is 145 cm³/mol. The minimum Gasteiger partial charge on any atom is -0.463 e. The molecule has 0 aliphatic carbocycles. The third-order valence-electron chi connectivity index (χ3n) is 6.35. The van der Waals surface area contributed by atoms with Gasteiger partial charge in [0.05, 0.1) is 18.2 Å². The molecule has 11 heteroatoms. The van der Waals surface area contributed by atoms with E-state index in [1.807, 2.05) is 39.5 Å². The van der Waals surface area contributed by atoms with E-state index < -0.39 is 12.0 Å². The van der Waals surface area contributed by atoms with Crippen LogP contribution >= 0.6 is 23.2 Å². The molecule has 1 fully saturated rings. The van der Waals surface area contributed by atoms with Crippen LogP contribution in [0.25, 0.3) is 0 Å². The summed E-state index contributed by atoms with van der Waals surface area (Å²) in [5.74, 6) is -0.511. The van der Waals surface area contributed by atoms with E-state index in [4.69, 9.17) is 27.9 Å². The van der Waals surface area contributed by atoms with Gasteiger partial charge in [-0.2, -0.15) is 0 Å². The fourth-order valence-electron chi connectivity index (χ4n) is 4.71. The van der Waals surface area contributed by atoms with Gasteiger partial charge in [-0.25, -0.2) is 14.4 Å². The molecule has 204 valence electrons. The summed E-state index contributed by atoms with van der Waals surface area (Å²) in [6.07, 6.45) is 0. The Balaban J connectivity index is 1.96. The van der Waals surface area contributed by atoms with Crippen LogP contribution in [0.3, 0.4) is 0 Å². The van der Waals surface area contributed by atoms with Crippen molar-refractivity contribution in [2.75, 3.05) is 39.3 Å². The molecule has 3 rings (SSSR count). The van der Waals surface area contributed by atoms with Crippen molar-refractivity contribution >= 4 is 41.2 Å². The van der Waals surface area contributed by atoms with Crippen molar-refractivity contribution in [1.29, 1.82) is 0 Å². The lowest BCUT2D eigenvalue weighted by molar-refractivity contribution is -0.139. The number of likely N-dealkylation sites (N-methyl/N-ethyl adjacent to an activating group) is 1. The minimum atomic E-state index is -0.787. The number of ether oxygens (including phenoxy) is 1. The molecular weight excluding hydrogens is 517 g/mol. The molecule has 1 aromatic rings. The number of nitrogens with one attached hydrogen (secondary N) is 2. The number of piperazine rings is 1. The van der Waals surface area contributed by atoms with E-state index in [-0.39, 0.29) is 30.2 Å². The molecule has 1 aromatic carbocycles. The fourth-order valence-corrected chi connectivity index (χ4v) is 5.23. The lowest BCUT2D eigenvalue weighted by Gasteiger charge is -2.43. The summed E-state index contributed by atoms with van der Waals surface area (Å²) >= 11 is 12.6. The Labute approximate surface area is 229 Å². The molecular formula is C26H37Cl2N5O4. The molecule has 2 N–H and O–H groups in total. The number of esters is 1. The molecule has 0 unspecified atom stereocenters. The highest BCUT2D eigenvalue weighted by Gasteiger charge is 2.40. The maximum absolute atomic E-state index is 13.3. The summed E-state index contributed by atoms with van der Waals surface area (Å²) in [5.41, 5.74) is 1.14. The molecule has 2 aliphatic heterocycles. The number of hydrogen-bond donors (Lipinski definition) is 2. The smallest absolute Gasteiger partial charge is 0.338 e. The number of rotatable bonds is 6. The topological polar surface area (TPSA) is 94.2 Å². The van der Waals surface area contributed by atoms with Crippen LogP contribution in [-0.4, -0.2) is 83.6 Å². The highest BCUT2D eigenvalue weighted by Crippen LogP contribution is 2.36. The van der Waals surface area contributed by atoms with Crippen LogP contribution < -0.4 is 10.6 Å². The normalized spacial score (nSPS) is 21.1. The number of carbonyl (C=O) groups is 3. The molecule has 4 amide bonds. The molecule has 2 heterocycles. The number of benzene rings is 1. The van der Waals surface area contributed by atoms with Gasteiger partial charge in [-0.15, -0.1) is 0 Å². The minimum absolute atomic E-state index is 0.0586. The second-order valence-electron chi connectivity index (χ2n) is 10.3. The average Bonchev–Trinajstić information content (AvgIpc) is 2.78. The number of hydrogen-bond acceptors (Lipinski definition) is 5. The van der Waals surface area contributed by atoms with Crippen LogP contribution in [0, 0.1) is 0 Å². The first-order chi connectivity index (χ1) is 17.4. The standard InChI is InChI=1S/C26H37Cl2N5O4/c1-7-32-20(15-31-11-12-33(16(3)14-31)25(36)30-26(4,5)6)21(23(34)37-8-2)22(29-24(32)35)18-10-9-17(27)13-19(18)28/h9-10,13,16,22H,7-8,11-12,14-15H2,1-6H3,(H,29,35)(H,30,36)/t16-,22-/m1/s1. The van der Waals surface area contributed by atoms with Crippen molar-refractivity contribution in [2.45, 2.75) is 59.2 Å². The van der Waals surface area contributed by atoms with Crippen LogP contribution in [0.1, 0.15) is 53.1 Å². The van der Waals surface area contributed by atoms with Crippen LogP contribution in [0.15, 0.2) is 29.5 Å². The van der Waals surface area contributed by atoms with E-state index in [1.165, 1.54) is 0 Å². The summed E-state index contributed by atoms with van der Waals surface area (Å²) in [6.45, 7) is 14.0. The lowest BCUT2D eigenvalue weighted by atomic mass is 9.94. The third kappa shape index (κ3) is 6.89. The van der Waals surface area contributed by atoms with Gasteiger partial charge in [0, 0.05) is 60.0 Å². The van der Waals surface area contributed by atoms with E-state index in [0.717, 1.165) is 0 Å². The van der Waals surface area contributed by atoms with Gasteiger partial charge in [-0.3, -0.25) is 9.80 Å². The average molecular weight is 555 g/mol. The van der Waals surface area contributed by atoms with Gasteiger partial charge in [-0.1, -0.05) is 29.3 Å². The Morgan fingerprint density at radius 1 is 1.19 bits per heavy atom. The first kappa shape index (κ1) is 29.1. The molecule has 0 aromatic heterocycles. The summed E-state index contributed by atoms with van der Waals surface area (Å²) < 4.78 is 5.44. The Hall–Kier alpha value is -2.49. The van der Waals surface area contributed by atoms with Gasteiger partial charge < -0.3 is 20.3 Å². The lowest BCUT2D eigenvalue weighted by Crippen LogP contribution is -2.59. The second kappa shape index (κ2) is 11.9. The zero-order valence-electron chi connectivity index (χ0n) is 22.4. The molecule has 9 nitrogen and oxygen atoms in total. The fraction of sp³-hybridized carbons (Fsp3) is 0.577. The van der Waals surface area contributed by atoms with E-state index >= 15 is 0 Å². The zero-order chi connectivity index (χ0) is 27.5. The maximum atomic E-state index is 13.3. The van der Waals surface area contributed by atoms with Gasteiger partial charge in [0.1, 0.15) is 0 Å². The Kier molecular flexibility index (Phi) is 9.37. The highest BCUT2D eigenvalue weighted by atomic mass is 35.5. The van der Waals surface area contributed by atoms with Crippen LogP contribution in [0.5, 0.6) is 0 Å². The van der Waals surface area contributed by atoms with Crippen molar-refractivity contribution in [3.05, 3.63) is 45.1 Å². The third-order valence-corrected chi connectivity index (χ3v) is 6.91. The van der Waals surface area contributed by atoms with Crippen molar-refractivity contribution in [3.63, 3.8) is 0 Å². The second-order valence-corrected chi connectivity index (χ2v) is 11.2. The summed E-state index contributed by atoms with van der Waals surface area (Å²) in [5, 5.41) is 6.74. The molecule has 0 bridgehead atoms. The number of carbonyl (C=O) groups excluding carboxylic acids is 3. The maximum Gasteiger partial charge on any atom is 0.338 e. The quantitative estimate of drug-likeness (QED) is 0.509. The first-order valence-corrected chi connectivity index (χ1v) is 13.4. The van der Waals surface area contributed by atoms with Gasteiger partial charge >= 0.3 is 18.0 Å². The van der Waals surface area contributed by atoms with E-state index in [0.29, 0.717) is 59.6 Å². The molecule has 0 saturated carbocycles. The predicted octanol–water partition coefficient (Wildman–Crippen LogP) is 4.41. The molecule has 37 heavy (non-hydrogen) atoms. The van der Waals surface area contributed by atoms with Crippen LogP contribution in [-0.2, 0) is 9.53 Å². The van der Waals surface area contributed by atoms with Crippen molar-refractivity contribution < 1.29 is 19.1 Å². The SMILES string of the molecule is CCOC(=O)C1=C(CN2CCN(C(=O)NC(C)(C)C)[C@H](C)C2)N(CC)C(=O)N[C@@H]1c1ccc(Cl)cc1Cl. The molecule has 2 aliphatic rings. The Morgan fingerprint density at radius 2 is 1.89 bits per heavy atom. The number of amides is 4. The van der Waals surface area contributed by atoms with Gasteiger partial charge in [0.2, 0.25) is 0 Å². The van der Waals surface area contributed by atoms with Crippen molar-refractivity contribution in [3.8, 4) is 0 Å². The van der Waals surface area contributed by atoms with Gasteiger partial charge in [0.15, 0.2) is 0 Å². The summed E-state index contributed by atoms with van der Waals surface area (Å²) in [7, 11) is 0. The van der Waals surface area contributed by atoms with Crippen molar-refractivity contribution in [2.24, 2.45) is 0 Å². The van der Waals surface area contributed by atoms with Crippen LogP contribution in [0.2, 0.25) is 10.0 Å². The van der Waals surface area contributed by atoms with Gasteiger partial charge in [-0.05, 0) is 59.2 Å². The number of halogens is 2. The molecule has 0 spiro atoms. The van der Waals surface area contributed by atoms with E-state index in [1.54, 1.807) is 30.0 Å². The highest BCUT2D eigenvalue weighted by molar-refractivity contribution is 6.35. The van der Waals surface area contributed by atoms with Crippen molar-refractivity contribution in [1.82, 2.24) is 25.3 Å². The van der Waals surface area contributed by atoms with E-state index in [2.05, 4.69) is 15.5 Å². The molecule has 2 atom stereocenters. The first-order valence-electron chi connectivity index (χ1n) is 12.6. The number of urea groups is 2. The Bertz CT molecular complexity index is 1070. The van der Waals surface area contributed by atoms with E-state index in [9.17, 15) is 14.4 Å². The Morgan fingerprint density at radius 3 is 2.46 bits per heavy atom. The van der Waals surface area contributed by atoms with Crippen LogP contribution in [0.4, 0.5) is 9.59 Å². The summed E-state index contributed by atoms with van der Waals surface area (Å²) in [6, 6.07) is 3.70. The summed E-state index contributed by atoms with van der Waals surface area (Å²) in [4.78, 5) is 44.8.